The van der Waals surface area contributed by atoms with Crippen molar-refractivity contribution in [1.29, 1.82) is 0 Å². The van der Waals surface area contributed by atoms with Crippen molar-refractivity contribution in [3.8, 4) is 11.5 Å². The first-order valence-electron chi connectivity index (χ1n) is 7.13. The van der Waals surface area contributed by atoms with Gasteiger partial charge < -0.3 is 14.2 Å². The van der Waals surface area contributed by atoms with E-state index in [-0.39, 0.29) is 12.0 Å². The Bertz CT molecular complexity index is 690. The van der Waals surface area contributed by atoms with Crippen molar-refractivity contribution in [2.75, 3.05) is 12.5 Å². The summed E-state index contributed by atoms with van der Waals surface area (Å²) in [7, 11) is 0. The molecule has 2 aromatic carbocycles. The molecule has 0 aliphatic carbocycles. The van der Waals surface area contributed by atoms with Crippen LogP contribution in [0.25, 0.3) is 0 Å². The summed E-state index contributed by atoms with van der Waals surface area (Å²) in [6.45, 7) is 2.41. The molecule has 0 spiro atoms. The average Bonchev–Trinajstić information content (AvgIpc) is 2.92. The number of alkyl halides is 1. The quantitative estimate of drug-likeness (QED) is 0.652. The SMILES string of the molecule is CC1COC(CCl)(c2ccc(Oc3ccc(Cl)cc3)cc2Cl)O1. The Balaban J connectivity index is 1.84. The number of hydrogen-bond donors (Lipinski definition) is 0. The molecule has 2 unspecified atom stereocenters. The Hall–Kier alpha value is -0.970. The van der Waals surface area contributed by atoms with Crippen LogP contribution in [-0.2, 0) is 15.3 Å². The fourth-order valence-electron chi connectivity index (χ4n) is 2.44. The summed E-state index contributed by atoms with van der Waals surface area (Å²) >= 11 is 18.3. The van der Waals surface area contributed by atoms with Gasteiger partial charge in [0.2, 0.25) is 5.79 Å². The summed E-state index contributed by atoms with van der Waals surface area (Å²) in [6, 6.07) is 12.4. The Kier molecular flexibility index (Phi) is 5.04. The molecule has 0 aromatic heterocycles. The van der Waals surface area contributed by atoms with Crippen molar-refractivity contribution in [3.05, 3.63) is 58.1 Å². The molecule has 0 N–H and O–H groups in total. The Morgan fingerprint density at radius 1 is 1.13 bits per heavy atom. The van der Waals surface area contributed by atoms with Gasteiger partial charge in [-0.15, -0.1) is 11.6 Å². The van der Waals surface area contributed by atoms with Crippen molar-refractivity contribution in [2.45, 2.75) is 18.8 Å². The lowest BCUT2D eigenvalue weighted by Gasteiger charge is -2.27. The third-order valence-electron chi connectivity index (χ3n) is 3.52. The van der Waals surface area contributed by atoms with Crippen LogP contribution in [0.4, 0.5) is 0 Å². The van der Waals surface area contributed by atoms with E-state index in [1.807, 2.05) is 13.0 Å². The minimum atomic E-state index is -1.00. The minimum absolute atomic E-state index is 0.0326. The zero-order valence-electron chi connectivity index (χ0n) is 12.4. The largest absolute Gasteiger partial charge is 0.457 e. The van der Waals surface area contributed by atoms with Crippen LogP contribution in [0.1, 0.15) is 12.5 Å². The Morgan fingerprint density at radius 2 is 1.83 bits per heavy atom. The fourth-order valence-corrected chi connectivity index (χ4v) is 3.16. The predicted octanol–water partition coefficient (Wildman–Crippen LogP) is 5.61. The first-order valence-corrected chi connectivity index (χ1v) is 8.43. The number of benzene rings is 2. The van der Waals surface area contributed by atoms with Crippen molar-refractivity contribution >= 4 is 34.8 Å². The molecule has 2 aromatic rings. The summed E-state index contributed by atoms with van der Waals surface area (Å²) in [5.41, 5.74) is 0.696. The second-order valence-corrected chi connectivity index (χ2v) is 6.43. The smallest absolute Gasteiger partial charge is 0.210 e. The molecule has 0 radical (unpaired) electrons. The maximum atomic E-state index is 6.40. The monoisotopic (exact) mass is 372 g/mol. The Labute approximate surface area is 150 Å². The predicted molar refractivity (Wildman–Crippen MR) is 91.9 cm³/mol. The molecule has 122 valence electrons. The molecule has 1 saturated heterocycles. The highest BCUT2D eigenvalue weighted by Crippen LogP contribution is 2.40. The first kappa shape index (κ1) is 16.9. The van der Waals surface area contributed by atoms with Crippen molar-refractivity contribution in [1.82, 2.24) is 0 Å². The van der Waals surface area contributed by atoms with E-state index in [0.717, 1.165) is 0 Å². The number of ether oxygens (including phenoxy) is 3. The number of hydrogen-bond acceptors (Lipinski definition) is 3. The summed E-state index contributed by atoms with van der Waals surface area (Å²) in [5, 5.41) is 1.13. The highest BCUT2D eigenvalue weighted by molar-refractivity contribution is 6.31. The van der Waals surface area contributed by atoms with Crippen LogP contribution in [-0.4, -0.2) is 18.6 Å². The topological polar surface area (TPSA) is 27.7 Å². The lowest BCUT2D eigenvalue weighted by molar-refractivity contribution is -0.156. The molecule has 0 amide bonds. The van der Waals surface area contributed by atoms with Crippen LogP contribution in [0, 0.1) is 0 Å². The maximum Gasteiger partial charge on any atom is 0.210 e. The van der Waals surface area contributed by atoms with Crippen LogP contribution in [0.3, 0.4) is 0 Å². The standard InChI is InChI=1S/C17H15Cl3O3/c1-11-9-21-17(10-18,23-11)15-7-6-14(8-16(15)20)22-13-4-2-12(19)3-5-13/h2-8,11H,9-10H2,1H3. The van der Waals surface area contributed by atoms with E-state index in [4.69, 9.17) is 49.0 Å². The second kappa shape index (κ2) is 6.88. The molecular formula is C17H15Cl3O3. The molecule has 1 fully saturated rings. The number of halogens is 3. The van der Waals surface area contributed by atoms with E-state index < -0.39 is 5.79 Å². The minimum Gasteiger partial charge on any atom is -0.457 e. The van der Waals surface area contributed by atoms with Crippen LogP contribution in [0.15, 0.2) is 42.5 Å². The molecule has 1 aliphatic rings. The fraction of sp³-hybridized carbons (Fsp3) is 0.294. The normalized spacial score (nSPS) is 23.9. The second-order valence-electron chi connectivity index (χ2n) is 5.32. The van der Waals surface area contributed by atoms with Gasteiger partial charge in [0.15, 0.2) is 0 Å². The molecule has 6 heteroatoms. The molecule has 2 atom stereocenters. The molecule has 3 rings (SSSR count). The van der Waals surface area contributed by atoms with E-state index in [1.54, 1.807) is 36.4 Å². The third kappa shape index (κ3) is 3.59. The van der Waals surface area contributed by atoms with Crippen LogP contribution in [0.2, 0.25) is 10.0 Å². The molecule has 0 bridgehead atoms. The van der Waals surface area contributed by atoms with Gasteiger partial charge in [0, 0.05) is 10.6 Å². The zero-order valence-corrected chi connectivity index (χ0v) is 14.7. The van der Waals surface area contributed by atoms with E-state index in [0.29, 0.717) is 33.7 Å². The van der Waals surface area contributed by atoms with Gasteiger partial charge in [-0.3, -0.25) is 0 Å². The molecule has 0 saturated carbocycles. The lowest BCUT2D eigenvalue weighted by Crippen LogP contribution is -2.30. The average molecular weight is 374 g/mol. The first-order chi connectivity index (χ1) is 11.0. The molecule has 23 heavy (non-hydrogen) atoms. The van der Waals surface area contributed by atoms with Crippen molar-refractivity contribution in [3.63, 3.8) is 0 Å². The molecule has 1 heterocycles. The van der Waals surface area contributed by atoms with Crippen molar-refractivity contribution < 1.29 is 14.2 Å². The van der Waals surface area contributed by atoms with Gasteiger partial charge in [-0.25, -0.2) is 0 Å². The van der Waals surface area contributed by atoms with Crippen LogP contribution >= 0.6 is 34.8 Å². The van der Waals surface area contributed by atoms with E-state index in [2.05, 4.69) is 0 Å². The van der Waals surface area contributed by atoms with Gasteiger partial charge in [0.1, 0.15) is 11.5 Å². The lowest BCUT2D eigenvalue weighted by atomic mass is 10.1. The molecule has 1 aliphatic heterocycles. The summed E-state index contributed by atoms with van der Waals surface area (Å²) in [6.07, 6.45) is -0.0326. The van der Waals surface area contributed by atoms with Gasteiger partial charge in [-0.1, -0.05) is 23.2 Å². The third-order valence-corrected chi connectivity index (χ3v) is 4.44. The van der Waals surface area contributed by atoms with Gasteiger partial charge in [-0.05, 0) is 49.4 Å². The zero-order chi connectivity index (χ0) is 16.4. The maximum absolute atomic E-state index is 6.40. The van der Waals surface area contributed by atoms with Crippen LogP contribution in [0.5, 0.6) is 11.5 Å². The van der Waals surface area contributed by atoms with Gasteiger partial charge in [0.05, 0.1) is 23.6 Å². The van der Waals surface area contributed by atoms with Crippen molar-refractivity contribution in [2.24, 2.45) is 0 Å². The van der Waals surface area contributed by atoms with E-state index in [9.17, 15) is 0 Å². The van der Waals surface area contributed by atoms with Crippen LogP contribution < -0.4 is 4.74 Å². The summed E-state index contributed by atoms with van der Waals surface area (Å²) in [4.78, 5) is 0. The highest BCUT2D eigenvalue weighted by Gasteiger charge is 2.42. The highest BCUT2D eigenvalue weighted by atomic mass is 35.5. The van der Waals surface area contributed by atoms with Gasteiger partial charge in [-0.2, -0.15) is 0 Å². The molecule has 3 nitrogen and oxygen atoms in total. The summed E-state index contributed by atoms with van der Waals surface area (Å²) in [5.74, 6) is 0.440. The summed E-state index contributed by atoms with van der Waals surface area (Å²) < 4.78 is 17.4. The van der Waals surface area contributed by atoms with E-state index >= 15 is 0 Å². The van der Waals surface area contributed by atoms with Gasteiger partial charge in [0.25, 0.3) is 0 Å². The Morgan fingerprint density at radius 3 is 2.39 bits per heavy atom. The number of rotatable bonds is 4. The van der Waals surface area contributed by atoms with Gasteiger partial charge >= 0.3 is 0 Å². The molecular weight excluding hydrogens is 359 g/mol. The van der Waals surface area contributed by atoms with E-state index in [1.165, 1.54) is 0 Å².